The van der Waals surface area contributed by atoms with Crippen LogP contribution in [0.5, 0.6) is 0 Å². The van der Waals surface area contributed by atoms with E-state index < -0.39 is 0 Å². The fourth-order valence-corrected chi connectivity index (χ4v) is 3.37. The molecule has 0 aliphatic carbocycles. The van der Waals surface area contributed by atoms with Crippen molar-refractivity contribution >= 4 is 17.0 Å². The zero-order valence-corrected chi connectivity index (χ0v) is 12.9. The van der Waals surface area contributed by atoms with Crippen LogP contribution in [-0.2, 0) is 4.75 Å². The van der Waals surface area contributed by atoms with Gasteiger partial charge in [-0.3, -0.25) is 4.79 Å². The molecule has 1 aliphatic rings. The van der Waals surface area contributed by atoms with Crippen molar-refractivity contribution in [1.82, 2.24) is 4.90 Å². The first-order valence-electron chi connectivity index (χ1n) is 7.02. The summed E-state index contributed by atoms with van der Waals surface area (Å²) in [5, 5.41) is 0.223. The van der Waals surface area contributed by atoms with Gasteiger partial charge in [-0.25, -0.2) is 0 Å². The van der Waals surface area contributed by atoms with Crippen LogP contribution in [0.1, 0.15) is 39.2 Å². The lowest BCUT2D eigenvalue weighted by molar-refractivity contribution is 0.197. The Labute approximate surface area is 120 Å². The van der Waals surface area contributed by atoms with Crippen molar-refractivity contribution in [2.75, 3.05) is 13.1 Å². The average molecular weight is 277 g/mol. The van der Waals surface area contributed by atoms with E-state index in [1.165, 1.54) is 17.3 Å². The van der Waals surface area contributed by atoms with E-state index >= 15 is 0 Å². The summed E-state index contributed by atoms with van der Waals surface area (Å²) in [6.45, 7) is 8.34. The third-order valence-corrected chi connectivity index (χ3v) is 5.03. The van der Waals surface area contributed by atoms with Crippen molar-refractivity contribution in [3.8, 4) is 0 Å². The fraction of sp³-hybridized carbons (Fsp3) is 0.562. The minimum atomic E-state index is -0.165. The molecule has 1 heterocycles. The molecular weight excluding hydrogens is 254 g/mol. The molecule has 3 heteroatoms. The Hall–Kier alpha value is -0.960. The first-order valence-corrected chi connectivity index (χ1v) is 7.84. The molecule has 1 saturated heterocycles. The lowest BCUT2D eigenvalue weighted by Crippen LogP contribution is -2.37. The lowest BCUT2D eigenvalue weighted by Gasteiger charge is -2.33. The van der Waals surface area contributed by atoms with Crippen molar-refractivity contribution in [1.29, 1.82) is 0 Å². The van der Waals surface area contributed by atoms with E-state index in [9.17, 15) is 4.79 Å². The van der Waals surface area contributed by atoms with Crippen LogP contribution in [0.2, 0.25) is 0 Å². The van der Waals surface area contributed by atoms with Gasteiger partial charge in [-0.15, -0.1) is 0 Å². The molecule has 2 rings (SSSR count). The van der Waals surface area contributed by atoms with E-state index in [2.05, 4.69) is 32.9 Å². The molecule has 2 nitrogen and oxygen atoms in total. The number of hydrogen-bond acceptors (Lipinski definition) is 2. The fourth-order valence-electron chi connectivity index (χ4n) is 2.37. The smallest absolute Gasteiger partial charge is 0.282 e. The molecule has 0 radical (unpaired) electrons. The van der Waals surface area contributed by atoms with E-state index in [-0.39, 0.29) is 9.99 Å². The summed E-state index contributed by atoms with van der Waals surface area (Å²) in [5.41, 5.74) is 1.21. The highest BCUT2D eigenvalue weighted by Gasteiger charge is 2.29. The first kappa shape index (κ1) is 14.4. The molecule has 104 valence electrons. The van der Waals surface area contributed by atoms with Gasteiger partial charge >= 0.3 is 0 Å². The van der Waals surface area contributed by atoms with Crippen LogP contribution in [0.15, 0.2) is 30.3 Å². The highest BCUT2D eigenvalue weighted by atomic mass is 32.2. The predicted molar refractivity (Wildman–Crippen MR) is 82.4 cm³/mol. The van der Waals surface area contributed by atoms with Crippen LogP contribution >= 0.6 is 11.8 Å². The number of thioether (sulfide) groups is 1. The molecule has 1 fully saturated rings. The minimum Gasteiger partial charge on any atom is -0.334 e. The molecule has 0 spiro atoms. The van der Waals surface area contributed by atoms with Crippen molar-refractivity contribution in [2.45, 2.75) is 38.4 Å². The van der Waals surface area contributed by atoms with Crippen LogP contribution in [0, 0.1) is 5.92 Å². The molecule has 0 bridgehead atoms. The van der Waals surface area contributed by atoms with Gasteiger partial charge in [0, 0.05) is 17.8 Å². The van der Waals surface area contributed by atoms with E-state index in [1.54, 1.807) is 0 Å². The number of piperidine rings is 1. The molecule has 1 aromatic carbocycles. The molecule has 1 aliphatic heterocycles. The number of carbonyl (C=O) groups is 1. The average Bonchev–Trinajstić information content (AvgIpc) is 2.40. The summed E-state index contributed by atoms with van der Waals surface area (Å²) in [6, 6.07) is 10.3. The summed E-state index contributed by atoms with van der Waals surface area (Å²) in [4.78, 5) is 14.4. The third-order valence-electron chi connectivity index (χ3n) is 3.85. The Balaban J connectivity index is 1.98. The van der Waals surface area contributed by atoms with E-state index in [1.807, 2.05) is 23.1 Å². The zero-order valence-electron chi connectivity index (χ0n) is 12.1. The number of amides is 1. The highest BCUT2D eigenvalue weighted by molar-refractivity contribution is 8.14. The number of benzene rings is 1. The standard InChI is InChI=1S/C16H23NOS/c1-13-9-11-17(12-10-13)15(18)19-16(2,3)14-7-5-4-6-8-14/h4-8,13H,9-12H2,1-3H3. The Morgan fingerprint density at radius 3 is 2.37 bits per heavy atom. The third kappa shape index (κ3) is 3.75. The maximum Gasteiger partial charge on any atom is 0.282 e. The first-order chi connectivity index (χ1) is 8.99. The SMILES string of the molecule is CC1CCN(C(=O)SC(C)(C)c2ccccc2)CC1. The van der Waals surface area contributed by atoms with Crippen LogP contribution in [0.25, 0.3) is 0 Å². The zero-order chi connectivity index (χ0) is 13.9. The van der Waals surface area contributed by atoms with Gasteiger partial charge in [-0.05, 0) is 38.2 Å². The van der Waals surface area contributed by atoms with Crippen molar-refractivity contribution in [3.05, 3.63) is 35.9 Å². The maximum absolute atomic E-state index is 12.4. The van der Waals surface area contributed by atoms with Crippen molar-refractivity contribution < 1.29 is 4.79 Å². The normalized spacial score (nSPS) is 17.5. The second-order valence-corrected chi connectivity index (χ2v) is 7.49. The Morgan fingerprint density at radius 2 is 1.79 bits per heavy atom. The summed E-state index contributed by atoms with van der Waals surface area (Å²) in [5.74, 6) is 0.760. The van der Waals surface area contributed by atoms with E-state index in [0.717, 1.165) is 31.8 Å². The van der Waals surface area contributed by atoms with Crippen LogP contribution < -0.4 is 0 Å². The van der Waals surface area contributed by atoms with Gasteiger partial charge in [0.15, 0.2) is 0 Å². The van der Waals surface area contributed by atoms with Gasteiger partial charge in [-0.1, -0.05) is 49.0 Å². The molecule has 0 aromatic heterocycles. The molecule has 0 saturated carbocycles. The second kappa shape index (κ2) is 6.00. The quantitative estimate of drug-likeness (QED) is 0.793. The summed E-state index contributed by atoms with van der Waals surface area (Å²) in [6.07, 6.45) is 2.27. The highest BCUT2D eigenvalue weighted by Crippen LogP contribution is 2.37. The molecule has 0 N–H and O–H groups in total. The number of likely N-dealkylation sites (tertiary alicyclic amines) is 1. The summed E-state index contributed by atoms with van der Waals surface area (Å²) < 4.78 is -0.165. The Kier molecular flexibility index (Phi) is 4.56. The minimum absolute atomic E-state index is 0.165. The van der Waals surface area contributed by atoms with Gasteiger partial charge in [0.25, 0.3) is 5.24 Å². The van der Waals surface area contributed by atoms with Crippen LogP contribution in [0.4, 0.5) is 4.79 Å². The number of rotatable bonds is 2. The van der Waals surface area contributed by atoms with Crippen LogP contribution in [-0.4, -0.2) is 23.2 Å². The number of carbonyl (C=O) groups excluding carboxylic acids is 1. The van der Waals surface area contributed by atoms with E-state index in [0.29, 0.717) is 0 Å². The predicted octanol–water partition coefficient (Wildman–Crippen LogP) is 4.51. The molecule has 19 heavy (non-hydrogen) atoms. The second-order valence-electron chi connectivity index (χ2n) is 5.91. The monoisotopic (exact) mass is 277 g/mol. The maximum atomic E-state index is 12.4. The summed E-state index contributed by atoms with van der Waals surface area (Å²) >= 11 is 1.45. The molecule has 1 amide bonds. The largest absolute Gasteiger partial charge is 0.334 e. The number of hydrogen-bond donors (Lipinski definition) is 0. The van der Waals surface area contributed by atoms with E-state index in [4.69, 9.17) is 0 Å². The van der Waals surface area contributed by atoms with Crippen LogP contribution in [0.3, 0.4) is 0 Å². The molecule has 1 aromatic rings. The van der Waals surface area contributed by atoms with Gasteiger partial charge in [0.1, 0.15) is 0 Å². The van der Waals surface area contributed by atoms with Gasteiger partial charge < -0.3 is 4.90 Å². The molecule has 0 unspecified atom stereocenters. The lowest BCUT2D eigenvalue weighted by atomic mass is 10.00. The Morgan fingerprint density at radius 1 is 1.21 bits per heavy atom. The van der Waals surface area contributed by atoms with Gasteiger partial charge in [0.2, 0.25) is 0 Å². The van der Waals surface area contributed by atoms with Crippen molar-refractivity contribution in [2.24, 2.45) is 5.92 Å². The van der Waals surface area contributed by atoms with Gasteiger partial charge in [0.05, 0.1) is 0 Å². The summed E-state index contributed by atoms with van der Waals surface area (Å²) in [7, 11) is 0. The molecular formula is C16H23NOS. The molecule has 0 atom stereocenters. The Bertz CT molecular complexity index is 422. The number of nitrogens with zero attached hydrogens (tertiary/aromatic N) is 1. The topological polar surface area (TPSA) is 20.3 Å². The van der Waals surface area contributed by atoms with Gasteiger partial charge in [-0.2, -0.15) is 0 Å². The van der Waals surface area contributed by atoms with Crippen molar-refractivity contribution in [3.63, 3.8) is 0 Å².